The van der Waals surface area contributed by atoms with Crippen LogP contribution in [-0.2, 0) is 0 Å². The summed E-state index contributed by atoms with van der Waals surface area (Å²) >= 11 is 10.7. The minimum atomic E-state index is 0.690. The third kappa shape index (κ3) is 1.65. The summed E-state index contributed by atoms with van der Waals surface area (Å²) in [5.74, 6) is 0. The molecule has 1 aromatic rings. The van der Waals surface area contributed by atoms with Gasteiger partial charge >= 0.3 is 0 Å². The second kappa shape index (κ2) is 3.60. The first-order chi connectivity index (χ1) is 4.75. The molecule has 0 aromatic carbocycles. The van der Waals surface area contributed by atoms with Crippen molar-refractivity contribution in [2.75, 3.05) is 6.26 Å². The summed E-state index contributed by atoms with van der Waals surface area (Å²) in [5, 5.41) is 1.55. The maximum Gasteiger partial charge on any atom is 0.115 e. The first-order valence-electron chi connectivity index (χ1n) is 2.59. The highest BCUT2D eigenvalue weighted by atomic mass is 79.9. The van der Waals surface area contributed by atoms with Crippen LogP contribution in [0.3, 0.4) is 0 Å². The molecule has 1 heterocycles. The molecule has 0 saturated heterocycles. The van der Waals surface area contributed by atoms with Gasteiger partial charge in [-0.2, -0.15) is 0 Å². The number of hydrogen-bond acceptors (Lipinski definition) is 2. The molecule has 54 valence electrons. The summed E-state index contributed by atoms with van der Waals surface area (Å²) in [6.07, 6.45) is 3.67. The Hall–Kier alpha value is 0.270. The lowest BCUT2D eigenvalue weighted by atomic mass is 10.5. The van der Waals surface area contributed by atoms with Crippen LogP contribution in [0.4, 0.5) is 0 Å². The van der Waals surface area contributed by atoms with Crippen molar-refractivity contribution >= 4 is 39.3 Å². The Balaban J connectivity index is 3.14. The highest BCUT2D eigenvalue weighted by molar-refractivity contribution is 9.10. The smallest absolute Gasteiger partial charge is 0.115 e. The number of thioether (sulfide) groups is 1. The van der Waals surface area contributed by atoms with Crippen molar-refractivity contribution in [3.05, 3.63) is 21.8 Å². The zero-order chi connectivity index (χ0) is 7.56. The molecule has 0 N–H and O–H groups in total. The molecule has 1 nitrogen and oxygen atoms in total. The lowest BCUT2D eigenvalue weighted by Gasteiger charge is -1.98. The first kappa shape index (κ1) is 8.37. The van der Waals surface area contributed by atoms with E-state index in [-0.39, 0.29) is 0 Å². The molecule has 0 aliphatic carbocycles. The highest BCUT2D eigenvalue weighted by Crippen LogP contribution is 2.29. The van der Waals surface area contributed by atoms with E-state index in [1.54, 1.807) is 6.20 Å². The van der Waals surface area contributed by atoms with E-state index in [9.17, 15) is 0 Å². The Kier molecular flexibility index (Phi) is 3.01. The topological polar surface area (TPSA) is 12.9 Å². The molecule has 0 unspecified atom stereocenters. The minimum absolute atomic E-state index is 0.690. The van der Waals surface area contributed by atoms with Gasteiger partial charge in [-0.15, -0.1) is 11.8 Å². The maximum absolute atomic E-state index is 5.86. The lowest BCUT2D eigenvalue weighted by Crippen LogP contribution is -1.79. The number of halogens is 2. The summed E-state index contributed by atoms with van der Waals surface area (Å²) in [5.41, 5.74) is 0. The standard InChI is InChI=1S/C6H5BrClNS/c1-10-6-5(8)4(7)2-3-9-6/h2-3H,1H3. The van der Waals surface area contributed by atoms with Gasteiger partial charge in [-0.1, -0.05) is 11.6 Å². The van der Waals surface area contributed by atoms with Gasteiger partial charge in [0.25, 0.3) is 0 Å². The third-order valence-electron chi connectivity index (χ3n) is 1.00. The van der Waals surface area contributed by atoms with Gasteiger partial charge in [0.2, 0.25) is 0 Å². The first-order valence-corrected chi connectivity index (χ1v) is 4.99. The second-order valence-corrected chi connectivity index (χ2v) is 3.64. The van der Waals surface area contributed by atoms with E-state index < -0.39 is 0 Å². The van der Waals surface area contributed by atoms with Gasteiger partial charge in [0, 0.05) is 10.7 Å². The number of aromatic nitrogens is 1. The molecule has 4 heteroatoms. The number of pyridine rings is 1. The highest BCUT2D eigenvalue weighted by Gasteiger charge is 2.02. The fraction of sp³-hybridized carbons (Fsp3) is 0.167. The van der Waals surface area contributed by atoms with Crippen molar-refractivity contribution < 1.29 is 0 Å². The van der Waals surface area contributed by atoms with Crippen LogP contribution in [0, 0.1) is 0 Å². The molecule has 0 aliphatic rings. The summed E-state index contributed by atoms with van der Waals surface area (Å²) in [6.45, 7) is 0. The molecule has 0 fully saturated rings. The Morgan fingerprint density at radius 2 is 2.40 bits per heavy atom. The molecule has 0 atom stereocenters. The summed E-state index contributed by atoms with van der Waals surface area (Å²) in [6, 6.07) is 1.82. The molecule has 1 aromatic heterocycles. The van der Waals surface area contributed by atoms with E-state index in [4.69, 9.17) is 11.6 Å². The minimum Gasteiger partial charge on any atom is -0.248 e. The van der Waals surface area contributed by atoms with Crippen molar-refractivity contribution in [2.45, 2.75) is 5.03 Å². The van der Waals surface area contributed by atoms with Crippen LogP contribution in [-0.4, -0.2) is 11.2 Å². The van der Waals surface area contributed by atoms with Gasteiger partial charge < -0.3 is 0 Å². The molecule has 0 saturated carbocycles. The van der Waals surface area contributed by atoms with Crippen molar-refractivity contribution in [1.29, 1.82) is 0 Å². The molecule has 0 amide bonds. The van der Waals surface area contributed by atoms with Crippen molar-refractivity contribution in [3.63, 3.8) is 0 Å². The van der Waals surface area contributed by atoms with E-state index in [2.05, 4.69) is 20.9 Å². The number of rotatable bonds is 1. The average Bonchev–Trinajstić information content (AvgIpc) is 1.95. The summed E-state index contributed by atoms with van der Waals surface area (Å²) in [7, 11) is 0. The largest absolute Gasteiger partial charge is 0.248 e. The van der Waals surface area contributed by atoms with Gasteiger partial charge in [-0.3, -0.25) is 0 Å². The van der Waals surface area contributed by atoms with E-state index in [1.807, 2.05) is 12.3 Å². The van der Waals surface area contributed by atoms with Crippen LogP contribution in [0.5, 0.6) is 0 Å². The molecular weight excluding hydrogens is 233 g/mol. The monoisotopic (exact) mass is 237 g/mol. The molecule has 10 heavy (non-hydrogen) atoms. The van der Waals surface area contributed by atoms with Crippen LogP contribution in [0.1, 0.15) is 0 Å². The summed E-state index contributed by atoms with van der Waals surface area (Å²) < 4.78 is 0.897. The predicted octanol–water partition coefficient (Wildman–Crippen LogP) is 3.22. The van der Waals surface area contributed by atoms with E-state index >= 15 is 0 Å². The molecular formula is C6H5BrClNS. The van der Waals surface area contributed by atoms with Gasteiger partial charge in [0.05, 0.1) is 5.02 Å². The van der Waals surface area contributed by atoms with Crippen molar-refractivity contribution in [1.82, 2.24) is 4.98 Å². The van der Waals surface area contributed by atoms with E-state index in [1.165, 1.54) is 11.8 Å². The molecule has 0 radical (unpaired) electrons. The Labute approximate surface area is 77.3 Å². The van der Waals surface area contributed by atoms with Crippen LogP contribution in [0.25, 0.3) is 0 Å². The van der Waals surface area contributed by atoms with Crippen LogP contribution < -0.4 is 0 Å². The van der Waals surface area contributed by atoms with E-state index in [0.717, 1.165) is 9.50 Å². The van der Waals surface area contributed by atoms with Crippen molar-refractivity contribution in [2.24, 2.45) is 0 Å². The molecule has 0 aliphatic heterocycles. The third-order valence-corrected chi connectivity index (χ3v) is 3.08. The SMILES string of the molecule is CSc1nccc(Br)c1Cl. The predicted molar refractivity (Wildman–Crippen MR) is 48.7 cm³/mol. The zero-order valence-electron chi connectivity index (χ0n) is 5.27. The maximum atomic E-state index is 5.86. The van der Waals surface area contributed by atoms with Crippen LogP contribution in [0.15, 0.2) is 21.8 Å². The Morgan fingerprint density at radius 3 is 2.90 bits per heavy atom. The number of hydrogen-bond donors (Lipinski definition) is 0. The Bertz CT molecular complexity index is 241. The zero-order valence-corrected chi connectivity index (χ0v) is 8.42. The lowest BCUT2D eigenvalue weighted by molar-refractivity contribution is 1.13. The number of nitrogens with zero attached hydrogens (tertiary/aromatic N) is 1. The van der Waals surface area contributed by atoms with Crippen LogP contribution in [0.2, 0.25) is 5.02 Å². The van der Waals surface area contributed by atoms with E-state index in [0.29, 0.717) is 5.02 Å². The van der Waals surface area contributed by atoms with Gasteiger partial charge in [0.15, 0.2) is 0 Å². The summed E-state index contributed by atoms with van der Waals surface area (Å²) in [4.78, 5) is 4.06. The van der Waals surface area contributed by atoms with Crippen LogP contribution >= 0.6 is 39.3 Å². The fourth-order valence-corrected chi connectivity index (χ4v) is 1.78. The molecule has 0 spiro atoms. The Morgan fingerprint density at radius 1 is 1.70 bits per heavy atom. The van der Waals surface area contributed by atoms with Gasteiger partial charge in [-0.05, 0) is 28.3 Å². The normalized spacial score (nSPS) is 9.90. The van der Waals surface area contributed by atoms with Gasteiger partial charge in [0.1, 0.15) is 5.03 Å². The molecule has 1 rings (SSSR count). The fourth-order valence-electron chi connectivity index (χ4n) is 0.545. The average molecular weight is 239 g/mol. The van der Waals surface area contributed by atoms with Crippen molar-refractivity contribution in [3.8, 4) is 0 Å². The van der Waals surface area contributed by atoms with Gasteiger partial charge in [-0.25, -0.2) is 4.98 Å². The second-order valence-electron chi connectivity index (χ2n) is 1.62. The quantitative estimate of drug-likeness (QED) is 0.697. The molecule has 0 bridgehead atoms.